The third kappa shape index (κ3) is 5.21. The first-order valence-corrected chi connectivity index (χ1v) is 9.19. The van der Waals surface area contributed by atoms with Gasteiger partial charge in [0.2, 0.25) is 0 Å². The predicted molar refractivity (Wildman–Crippen MR) is 102 cm³/mol. The van der Waals surface area contributed by atoms with Crippen molar-refractivity contribution in [3.05, 3.63) is 53.8 Å². The van der Waals surface area contributed by atoms with E-state index in [1.807, 2.05) is 24.3 Å². The number of nitrogens with zero attached hydrogens (tertiary/aromatic N) is 1. The van der Waals surface area contributed by atoms with Gasteiger partial charge in [-0.05, 0) is 36.2 Å². The van der Waals surface area contributed by atoms with Gasteiger partial charge in [0.1, 0.15) is 5.82 Å². The van der Waals surface area contributed by atoms with Gasteiger partial charge in [0, 0.05) is 30.6 Å². The van der Waals surface area contributed by atoms with Crippen molar-refractivity contribution >= 4 is 23.7 Å². The lowest BCUT2D eigenvalue weighted by atomic mass is 10.0. The molecule has 0 aliphatic rings. The molecular formula is C19H23FN2O2S. The second kappa shape index (κ2) is 9.44. The van der Waals surface area contributed by atoms with E-state index in [1.165, 1.54) is 11.0 Å². The second-order valence-corrected chi connectivity index (χ2v) is 6.53. The van der Waals surface area contributed by atoms with Crippen LogP contribution in [0.2, 0.25) is 0 Å². The molecule has 0 aromatic heterocycles. The highest BCUT2D eigenvalue weighted by molar-refractivity contribution is 7.97. The van der Waals surface area contributed by atoms with E-state index in [9.17, 15) is 9.18 Å². The van der Waals surface area contributed by atoms with Gasteiger partial charge in [-0.25, -0.2) is 9.18 Å². The molecule has 0 atom stereocenters. The summed E-state index contributed by atoms with van der Waals surface area (Å²) in [5.41, 5.74) is 2.90. The number of amides is 1. The van der Waals surface area contributed by atoms with Gasteiger partial charge in [0.05, 0.1) is 6.61 Å². The molecule has 0 saturated carbocycles. The molecule has 1 N–H and O–H groups in total. The summed E-state index contributed by atoms with van der Waals surface area (Å²) in [4.78, 5) is 13.0. The number of rotatable bonds is 7. The van der Waals surface area contributed by atoms with Crippen LogP contribution in [0.3, 0.4) is 0 Å². The zero-order valence-electron chi connectivity index (χ0n) is 14.7. The van der Waals surface area contributed by atoms with Gasteiger partial charge >= 0.3 is 6.09 Å². The largest absolute Gasteiger partial charge is 0.449 e. The molecule has 25 heavy (non-hydrogen) atoms. The highest BCUT2D eigenvalue weighted by Gasteiger charge is 2.14. The molecule has 0 aliphatic carbocycles. The Morgan fingerprint density at radius 1 is 1.20 bits per heavy atom. The molecule has 4 nitrogen and oxygen atoms in total. The van der Waals surface area contributed by atoms with Crippen LogP contribution in [0.15, 0.2) is 42.5 Å². The maximum atomic E-state index is 14.5. The number of ether oxygens (including phenoxy) is 1. The number of hydrogen-bond acceptors (Lipinski definition) is 4. The van der Waals surface area contributed by atoms with Gasteiger partial charge in [-0.2, -0.15) is 0 Å². The molecular weight excluding hydrogens is 339 g/mol. The Morgan fingerprint density at radius 3 is 2.52 bits per heavy atom. The molecule has 0 unspecified atom stereocenters. The van der Waals surface area contributed by atoms with Gasteiger partial charge < -0.3 is 4.74 Å². The predicted octanol–water partition coefficient (Wildman–Crippen LogP) is 4.84. The summed E-state index contributed by atoms with van der Waals surface area (Å²) in [6.45, 7) is 4.87. The van der Waals surface area contributed by atoms with E-state index in [-0.39, 0.29) is 12.4 Å². The maximum Gasteiger partial charge on any atom is 0.413 e. The van der Waals surface area contributed by atoms with E-state index in [2.05, 4.69) is 11.6 Å². The molecule has 0 radical (unpaired) electrons. The lowest BCUT2D eigenvalue weighted by molar-refractivity contribution is 0.161. The van der Waals surface area contributed by atoms with Crippen LogP contribution in [0.4, 0.5) is 14.9 Å². The molecule has 0 bridgehead atoms. The smallest absolute Gasteiger partial charge is 0.413 e. The van der Waals surface area contributed by atoms with Gasteiger partial charge in [-0.15, -0.1) is 0 Å². The van der Waals surface area contributed by atoms with Crippen LogP contribution in [0.1, 0.15) is 19.4 Å². The first kappa shape index (κ1) is 19.3. The third-order valence-electron chi connectivity index (χ3n) is 3.67. The Morgan fingerprint density at radius 2 is 1.92 bits per heavy atom. The molecule has 134 valence electrons. The molecule has 2 aromatic rings. The Labute approximate surface area is 152 Å². The molecule has 0 spiro atoms. The maximum absolute atomic E-state index is 14.5. The number of halogens is 1. The first-order chi connectivity index (χ1) is 12.1. The average molecular weight is 362 g/mol. The van der Waals surface area contributed by atoms with E-state index in [1.54, 1.807) is 38.1 Å². The minimum absolute atomic E-state index is 0.279. The number of carbonyl (C=O) groups excluding carboxylic acids is 1. The van der Waals surface area contributed by atoms with E-state index < -0.39 is 6.09 Å². The molecule has 0 aliphatic heterocycles. The van der Waals surface area contributed by atoms with Crippen LogP contribution < -0.4 is 9.62 Å². The Hall–Kier alpha value is -2.05. The van der Waals surface area contributed by atoms with Crippen LogP contribution in [0, 0.1) is 5.82 Å². The van der Waals surface area contributed by atoms with Gasteiger partial charge in [0.25, 0.3) is 0 Å². The quantitative estimate of drug-likeness (QED) is 0.565. The monoisotopic (exact) mass is 362 g/mol. The topological polar surface area (TPSA) is 41.6 Å². The SMILES string of the molecule is CCOC(=O)N(C)c1ccc(-c2ccc(CNSCC)cc2)c(F)c1. The zero-order chi connectivity index (χ0) is 18.2. The van der Waals surface area contributed by atoms with Gasteiger partial charge in [0.15, 0.2) is 0 Å². The van der Waals surface area contributed by atoms with Gasteiger partial charge in [-0.1, -0.05) is 43.1 Å². The summed E-state index contributed by atoms with van der Waals surface area (Å²) >= 11 is 1.66. The van der Waals surface area contributed by atoms with Crippen molar-refractivity contribution in [2.75, 3.05) is 24.3 Å². The zero-order valence-corrected chi connectivity index (χ0v) is 15.5. The fourth-order valence-corrected chi connectivity index (χ4v) is 2.78. The molecule has 6 heteroatoms. The van der Waals surface area contributed by atoms with Crippen LogP contribution in [-0.2, 0) is 11.3 Å². The number of carbonyl (C=O) groups is 1. The normalized spacial score (nSPS) is 10.6. The lowest BCUT2D eigenvalue weighted by Crippen LogP contribution is -2.27. The highest BCUT2D eigenvalue weighted by Crippen LogP contribution is 2.27. The van der Waals surface area contributed by atoms with E-state index in [0.29, 0.717) is 11.3 Å². The van der Waals surface area contributed by atoms with Crippen molar-refractivity contribution < 1.29 is 13.9 Å². The molecule has 2 aromatic carbocycles. The fourth-order valence-electron chi connectivity index (χ4n) is 2.31. The van der Waals surface area contributed by atoms with E-state index in [4.69, 9.17) is 4.74 Å². The lowest BCUT2D eigenvalue weighted by Gasteiger charge is -2.17. The van der Waals surface area contributed by atoms with Crippen molar-refractivity contribution in [1.82, 2.24) is 4.72 Å². The van der Waals surface area contributed by atoms with Crippen molar-refractivity contribution in [2.24, 2.45) is 0 Å². The molecule has 0 heterocycles. The Bertz CT molecular complexity index is 707. The molecule has 1 amide bonds. The van der Waals surface area contributed by atoms with Crippen molar-refractivity contribution in [2.45, 2.75) is 20.4 Å². The minimum atomic E-state index is -0.503. The summed E-state index contributed by atoms with van der Waals surface area (Å²) < 4.78 is 22.7. The van der Waals surface area contributed by atoms with Gasteiger partial charge in [-0.3, -0.25) is 9.62 Å². The standard InChI is InChI=1S/C19H23FN2O2S/c1-4-24-19(23)22(3)16-10-11-17(18(20)12-16)15-8-6-14(7-9-15)13-21-25-5-2/h6-12,21H,4-5,13H2,1-3H3. The second-order valence-electron chi connectivity index (χ2n) is 5.37. The fraction of sp³-hybridized carbons (Fsp3) is 0.316. The number of benzene rings is 2. The van der Waals surface area contributed by atoms with Crippen LogP contribution in [0.25, 0.3) is 11.1 Å². The van der Waals surface area contributed by atoms with Crippen LogP contribution in [-0.4, -0.2) is 25.5 Å². The summed E-state index contributed by atoms with van der Waals surface area (Å²) in [7, 11) is 1.56. The van der Waals surface area contributed by atoms with Crippen molar-refractivity contribution in [1.29, 1.82) is 0 Å². The van der Waals surface area contributed by atoms with Crippen LogP contribution >= 0.6 is 11.9 Å². The van der Waals surface area contributed by atoms with E-state index >= 15 is 0 Å². The molecule has 2 rings (SSSR count). The third-order valence-corrected chi connectivity index (χ3v) is 4.31. The highest BCUT2D eigenvalue weighted by atomic mass is 32.2. The first-order valence-electron chi connectivity index (χ1n) is 8.20. The van der Waals surface area contributed by atoms with E-state index in [0.717, 1.165) is 23.4 Å². The number of anilines is 1. The molecule has 0 fully saturated rings. The number of nitrogens with one attached hydrogen (secondary N) is 1. The summed E-state index contributed by atoms with van der Waals surface area (Å²) in [5.74, 6) is 0.636. The molecule has 0 saturated heterocycles. The van der Waals surface area contributed by atoms with Crippen LogP contribution in [0.5, 0.6) is 0 Å². The summed E-state index contributed by atoms with van der Waals surface area (Å²) in [5, 5.41) is 0. The van der Waals surface area contributed by atoms with Crippen molar-refractivity contribution in [3.63, 3.8) is 0 Å². The average Bonchev–Trinajstić information content (AvgIpc) is 2.62. The van der Waals surface area contributed by atoms with Crippen molar-refractivity contribution in [3.8, 4) is 11.1 Å². The minimum Gasteiger partial charge on any atom is -0.449 e. The summed E-state index contributed by atoms with van der Waals surface area (Å²) in [6.07, 6.45) is -0.503. The Balaban J connectivity index is 2.13. The Kier molecular flexibility index (Phi) is 7.28. The summed E-state index contributed by atoms with van der Waals surface area (Å²) in [6, 6.07) is 12.5. The number of hydrogen-bond donors (Lipinski definition) is 1.